The van der Waals surface area contributed by atoms with Crippen molar-refractivity contribution in [3.63, 3.8) is 0 Å². The highest BCUT2D eigenvalue weighted by Gasteiger charge is 2.46. The third-order valence-electron chi connectivity index (χ3n) is 8.53. The monoisotopic (exact) mass is 472 g/mol. The van der Waals surface area contributed by atoms with Crippen molar-refractivity contribution in [3.8, 4) is 0 Å². The standard InChI is InChI=1S/C29H44O5/c1-18(2)28(5,6)34-27(32)17-33-20(4)24-12-13-25-21(9-8-14-29(24,25)7)10-11-22-15-23(30)16-26(31)19(22)3/h10-12,18,20,23,25-26,30-31H,3,8-9,13-17H2,1-2,4-7H3/t20-,23+,25-,26-,29+/m0/s1. The van der Waals surface area contributed by atoms with Crippen LogP contribution in [0.2, 0.25) is 0 Å². The SMILES string of the molecule is C=C1C(=CC=C2CCC[C@]3(C)C([C@H](C)OCC(=O)OC(C)(C)C(C)C)=CC[C@@H]23)C[C@@H](O)C[C@@H]1O. The molecule has 5 nitrogen and oxygen atoms in total. The van der Waals surface area contributed by atoms with Crippen molar-refractivity contribution in [1.82, 2.24) is 0 Å². The van der Waals surface area contributed by atoms with Crippen LogP contribution in [0, 0.1) is 17.3 Å². The molecule has 0 aromatic rings. The maximum atomic E-state index is 12.4. The van der Waals surface area contributed by atoms with E-state index in [1.807, 2.05) is 34.6 Å². The molecular weight excluding hydrogens is 428 g/mol. The highest BCUT2D eigenvalue weighted by molar-refractivity contribution is 5.71. The van der Waals surface area contributed by atoms with Gasteiger partial charge < -0.3 is 19.7 Å². The minimum Gasteiger partial charge on any atom is -0.458 e. The van der Waals surface area contributed by atoms with Crippen molar-refractivity contribution in [2.75, 3.05) is 6.61 Å². The predicted molar refractivity (Wildman–Crippen MR) is 135 cm³/mol. The van der Waals surface area contributed by atoms with Gasteiger partial charge in [-0.05, 0) is 86.8 Å². The van der Waals surface area contributed by atoms with Gasteiger partial charge in [0.25, 0.3) is 0 Å². The molecule has 3 rings (SSSR count). The van der Waals surface area contributed by atoms with Crippen molar-refractivity contribution in [2.45, 2.75) is 104 Å². The molecule has 0 spiro atoms. The highest BCUT2D eigenvalue weighted by Crippen LogP contribution is 2.55. The molecule has 0 saturated heterocycles. The normalized spacial score (nSPS) is 33.3. The van der Waals surface area contributed by atoms with Gasteiger partial charge in [0.05, 0.1) is 18.3 Å². The maximum Gasteiger partial charge on any atom is 0.332 e. The summed E-state index contributed by atoms with van der Waals surface area (Å²) in [5.74, 6) is 0.308. The largest absolute Gasteiger partial charge is 0.458 e. The van der Waals surface area contributed by atoms with Gasteiger partial charge in [-0.25, -0.2) is 4.79 Å². The van der Waals surface area contributed by atoms with Crippen molar-refractivity contribution >= 4 is 5.97 Å². The lowest BCUT2D eigenvalue weighted by Crippen LogP contribution is -2.37. The Morgan fingerprint density at radius 3 is 2.68 bits per heavy atom. The molecule has 0 unspecified atom stereocenters. The molecule has 5 heteroatoms. The zero-order valence-electron chi connectivity index (χ0n) is 21.9. The number of hydrogen-bond acceptors (Lipinski definition) is 5. The summed E-state index contributed by atoms with van der Waals surface area (Å²) in [4.78, 5) is 12.4. The zero-order chi connectivity index (χ0) is 25.3. The van der Waals surface area contributed by atoms with Crippen LogP contribution in [0.3, 0.4) is 0 Å². The fourth-order valence-corrected chi connectivity index (χ4v) is 5.67. The number of rotatable bonds is 7. The Hall–Kier alpha value is -1.69. The van der Waals surface area contributed by atoms with Gasteiger partial charge in [-0.15, -0.1) is 0 Å². The van der Waals surface area contributed by atoms with Crippen LogP contribution in [0.1, 0.15) is 80.1 Å². The molecule has 2 fully saturated rings. The Bertz CT molecular complexity index is 877. The van der Waals surface area contributed by atoms with E-state index in [-0.39, 0.29) is 30.0 Å². The Morgan fingerprint density at radius 2 is 2.00 bits per heavy atom. The molecule has 0 aromatic carbocycles. The second kappa shape index (κ2) is 10.5. The number of carbonyl (C=O) groups excluding carboxylic acids is 1. The Morgan fingerprint density at radius 1 is 1.29 bits per heavy atom. The molecule has 3 aliphatic carbocycles. The smallest absolute Gasteiger partial charge is 0.332 e. The third-order valence-corrected chi connectivity index (χ3v) is 8.53. The average molecular weight is 473 g/mol. The van der Waals surface area contributed by atoms with Gasteiger partial charge in [0.15, 0.2) is 0 Å². The number of aliphatic hydroxyl groups excluding tert-OH is 2. The summed E-state index contributed by atoms with van der Waals surface area (Å²) in [5, 5.41) is 20.2. The molecule has 3 aliphatic rings. The lowest BCUT2D eigenvalue weighted by atomic mass is 9.63. The quantitative estimate of drug-likeness (QED) is 0.382. The molecule has 0 heterocycles. The van der Waals surface area contributed by atoms with Crippen molar-refractivity contribution in [3.05, 3.63) is 47.1 Å². The molecule has 5 atom stereocenters. The average Bonchev–Trinajstić information content (AvgIpc) is 3.10. The number of ether oxygens (including phenoxy) is 2. The first kappa shape index (κ1) is 26.9. The first-order chi connectivity index (χ1) is 15.8. The third kappa shape index (κ3) is 5.75. The van der Waals surface area contributed by atoms with E-state index in [9.17, 15) is 15.0 Å². The molecule has 0 aromatic heterocycles. The fraction of sp³-hybridized carbons (Fsp3) is 0.690. The van der Waals surface area contributed by atoms with Crippen LogP contribution in [-0.2, 0) is 14.3 Å². The molecule has 34 heavy (non-hydrogen) atoms. The molecule has 0 aliphatic heterocycles. The molecule has 0 radical (unpaired) electrons. The molecule has 0 bridgehead atoms. The molecule has 2 saturated carbocycles. The second-order valence-electron chi connectivity index (χ2n) is 11.5. The van der Waals surface area contributed by atoms with Crippen LogP contribution in [0.4, 0.5) is 0 Å². The Labute approximate surface area is 205 Å². The van der Waals surface area contributed by atoms with Crippen LogP contribution in [0.5, 0.6) is 0 Å². The number of hydrogen-bond donors (Lipinski definition) is 2. The first-order valence-corrected chi connectivity index (χ1v) is 12.8. The van der Waals surface area contributed by atoms with Gasteiger partial charge in [-0.2, -0.15) is 0 Å². The maximum absolute atomic E-state index is 12.4. The van der Waals surface area contributed by atoms with E-state index in [2.05, 4.69) is 31.7 Å². The summed E-state index contributed by atoms with van der Waals surface area (Å²) < 4.78 is 11.6. The summed E-state index contributed by atoms with van der Waals surface area (Å²) in [5.41, 5.74) is 3.84. The van der Waals surface area contributed by atoms with E-state index in [1.165, 1.54) is 11.1 Å². The first-order valence-electron chi connectivity index (χ1n) is 12.8. The molecule has 190 valence electrons. The van der Waals surface area contributed by atoms with Crippen LogP contribution in [0.25, 0.3) is 0 Å². The van der Waals surface area contributed by atoms with Gasteiger partial charge in [0, 0.05) is 6.42 Å². The summed E-state index contributed by atoms with van der Waals surface area (Å²) >= 11 is 0. The Kier molecular flexibility index (Phi) is 8.32. The molecule has 2 N–H and O–H groups in total. The van der Waals surface area contributed by atoms with E-state index in [0.717, 1.165) is 36.8 Å². The summed E-state index contributed by atoms with van der Waals surface area (Å²) in [6.07, 6.45) is 10.3. The lowest BCUT2D eigenvalue weighted by Gasteiger charge is -2.42. The summed E-state index contributed by atoms with van der Waals surface area (Å²) in [7, 11) is 0. The lowest BCUT2D eigenvalue weighted by molar-refractivity contribution is -0.167. The second-order valence-corrected chi connectivity index (χ2v) is 11.5. The van der Waals surface area contributed by atoms with Crippen LogP contribution >= 0.6 is 0 Å². The van der Waals surface area contributed by atoms with Gasteiger partial charge >= 0.3 is 5.97 Å². The molecular formula is C29H44O5. The number of carbonyl (C=O) groups is 1. The van der Waals surface area contributed by atoms with Crippen molar-refractivity contribution in [1.29, 1.82) is 0 Å². The van der Waals surface area contributed by atoms with Gasteiger partial charge in [-0.3, -0.25) is 0 Å². The summed E-state index contributed by atoms with van der Waals surface area (Å²) in [6.45, 7) is 16.3. The van der Waals surface area contributed by atoms with E-state index >= 15 is 0 Å². The number of allylic oxidation sites excluding steroid dienone is 4. The van der Waals surface area contributed by atoms with Crippen LogP contribution in [-0.4, -0.2) is 46.7 Å². The van der Waals surface area contributed by atoms with Crippen molar-refractivity contribution < 1.29 is 24.5 Å². The minimum atomic E-state index is -0.666. The number of aliphatic hydroxyl groups is 2. The number of fused-ring (bicyclic) bond motifs is 1. The number of esters is 1. The predicted octanol–water partition coefficient (Wildman–Crippen LogP) is 5.43. The van der Waals surface area contributed by atoms with E-state index in [0.29, 0.717) is 18.8 Å². The topological polar surface area (TPSA) is 76.0 Å². The summed E-state index contributed by atoms with van der Waals surface area (Å²) in [6, 6.07) is 0. The zero-order valence-corrected chi connectivity index (χ0v) is 21.9. The fourth-order valence-electron chi connectivity index (χ4n) is 5.67. The highest BCUT2D eigenvalue weighted by atomic mass is 16.6. The Balaban J connectivity index is 1.66. The van der Waals surface area contributed by atoms with Gasteiger partial charge in [0.2, 0.25) is 0 Å². The van der Waals surface area contributed by atoms with Crippen LogP contribution < -0.4 is 0 Å². The van der Waals surface area contributed by atoms with Gasteiger partial charge in [-0.1, -0.05) is 51.2 Å². The van der Waals surface area contributed by atoms with E-state index < -0.39 is 17.8 Å². The van der Waals surface area contributed by atoms with E-state index in [1.54, 1.807) is 0 Å². The minimum absolute atomic E-state index is 0.00567. The van der Waals surface area contributed by atoms with E-state index in [4.69, 9.17) is 9.47 Å². The van der Waals surface area contributed by atoms with Crippen molar-refractivity contribution in [2.24, 2.45) is 17.3 Å². The van der Waals surface area contributed by atoms with Gasteiger partial charge in [0.1, 0.15) is 12.2 Å². The molecule has 0 amide bonds. The van der Waals surface area contributed by atoms with Crippen LogP contribution in [0.15, 0.2) is 47.1 Å².